The van der Waals surface area contributed by atoms with E-state index in [0.29, 0.717) is 18.4 Å². The number of likely N-dealkylation sites (N-methyl/N-ethyl adjacent to an activating group) is 1. The Labute approximate surface area is 156 Å². The van der Waals surface area contributed by atoms with Crippen LogP contribution in [0.1, 0.15) is 24.8 Å². The van der Waals surface area contributed by atoms with E-state index in [9.17, 15) is 4.79 Å². The van der Waals surface area contributed by atoms with Gasteiger partial charge in [0.1, 0.15) is 5.54 Å². The summed E-state index contributed by atoms with van der Waals surface area (Å²) < 4.78 is 5.51. The number of pyridine rings is 1. The average molecular weight is 358 g/mol. The summed E-state index contributed by atoms with van der Waals surface area (Å²) in [6, 6.07) is 3.99. The van der Waals surface area contributed by atoms with Gasteiger partial charge < -0.3 is 14.5 Å². The number of ether oxygens (including phenoxy) is 1. The van der Waals surface area contributed by atoms with Gasteiger partial charge in [0.15, 0.2) is 0 Å². The topological polar surface area (TPSA) is 48.9 Å². The molecule has 4 rings (SSSR count). The molecule has 0 radical (unpaired) electrons. The van der Waals surface area contributed by atoms with Crippen LogP contribution in [0.25, 0.3) is 0 Å². The predicted molar refractivity (Wildman–Crippen MR) is 99.6 cm³/mol. The molecule has 0 aromatic carbocycles. The lowest BCUT2D eigenvalue weighted by Gasteiger charge is -2.51. The molecule has 3 saturated heterocycles. The lowest BCUT2D eigenvalue weighted by atomic mass is 9.82. The van der Waals surface area contributed by atoms with Crippen molar-refractivity contribution < 1.29 is 9.53 Å². The van der Waals surface area contributed by atoms with Gasteiger partial charge in [-0.25, -0.2) is 0 Å². The van der Waals surface area contributed by atoms with Gasteiger partial charge in [0.05, 0.1) is 6.61 Å². The summed E-state index contributed by atoms with van der Waals surface area (Å²) in [6.45, 7) is 7.36. The van der Waals surface area contributed by atoms with Crippen LogP contribution in [-0.2, 0) is 16.1 Å². The molecule has 1 aromatic rings. The highest BCUT2D eigenvalue weighted by molar-refractivity contribution is 5.87. The molecule has 1 aromatic heterocycles. The molecule has 1 spiro atoms. The Morgan fingerprint density at radius 2 is 2.12 bits per heavy atom. The molecule has 1 atom stereocenters. The van der Waals surface area contributed by atoms with E-state index in [-0.39, 0.29) is 5.54 Å². The first-order valence-corrected chi connectivity index (χ1v) is 9.87. The van der Waals surface area contributed by atoms with Gasteiger partial charge in [0, 0.05) is 58.3 Å². The Morgan fingerprint density at radius 3 is 2.81 bits per heavy atom. The van der Waals surface area contributed by atoms with E-state index in [0.717, 1.165) is 64.3 Å². The minimum atomic E-state index is -0.316. The van der Waals surface area contributed by atoms with Gasteiger partial charge in [-0.2, -0.15) is 0 Å². The largest absolute Gasteiger partial charge is 0.381 e. The van der Waals surface area contributed by atoms with Crippen molar-refractivity contribution in [3.05, 3.63) is 30.1 Å². The van der Waals surface area contributed by atoms with Crippen molar-refractivity contribution in [3.8, 4) is 0 Å². The van der Waals surface area contributed by atoms with E-state index < -0.39 is 0 Å². The maximum atomic E-state index is 13.4. The third-order valence-electron chi connectivity index (χ3n) is 6.44. The zero-order valence-electron chi connectivity index (χ0n) is 15.8. The number of hydrogen-bond acceptors (Lipinski definition) is 5. The summed E-state index contributed by atoms with van der Waals surface area (Å²) in [4.78, 5) is 24.5. The third-order valence-corrected chi connectivity index (χ3v) is 6.44. The van der Waals surface area contributed by atoms with Gasteiger partial charge in [-0.3, -0.25) is 14.7 Å². The number of hydrogen-bond donors (Lipinski definition) is 0. The monoisotopic (exact) mass is 358 g/mol. The van der Waals surface area contributed by atoms with Gasteiger partial charge in [0.25, 0.3) is 0 Å². The van der Waals surface area contributed by atoms with Crippen LogP contribution in [0, 0.1) is 5.92 Å². The Kier molecular flexibility index (Phi) is 5.25. The van der Waals surface area contributed by atoms with Crippen LogP contribution in [0.15, 0.2) is 24.5 Å². The maximum absolute atomic E-state index is 13.4. The summed E-state index contributed by atoms with van der Waals surface area (Å²) in [7, 11) is 2.12. The highest BCUT2D eigenvalue weighted by Gasteiger charge is 2.49. The summed E-state index contributed by atoms with van der Waals surface area (Å²) in [5.41, 5.74) is 0.794. The Balaban J connectivity index is 1.40. The van der Waals surface area contributed by atoms with E-state index in [4.69, 9.17) is 4.74 Å². The molecular weight excluding hydrogens is 328 g/mol. The number of amides is 1. The first-order chi connectivity index (χ1) is 12.7. The van der Waals surface area contributed by atoms with Gasteiger partial charge in [-0.05, 0) is 43.9 Å². The van der Waals surface area contributed by atoms with E-state index in [2.05, 4.69) is 27.9 Å². The second-order valence-corrected chi connectivity index (χ2v) is 8.07. The molecule has 26 heavy (non-hydrogen) atoms. The van der Waals surface area contributed by atoms with Crippen LogP contribution in [0.2, 0.25) is 0 Å². The van der Waals surface area contributed by atoms with Crippen LogP contribution in [0.5, 0.6) is 0 Å². The van der Waals surface area contributed by atoms with Crippen molar-refractivity contribution in [1.29, 1.82) is 0 Å². The molecule has 3 aliphatic rings. The summed E-state index contributed by atoms with van der Waals surface area (Å²) in [5, 5.41) is 0. The molecule has 0 aliphatic carbocycles. The van der Waals surface area contributed by atoms with Crippen molar-refractivity contribution in [3.63, 3.8) is 0 Å². The molecule has 1 amide bonds. The lowest BCUT2D eigenvalue weighted by Crippen LogP contribution is -2.67. The molecule has 3 fully saturated rings. The molecule has 3 aliphatic heterocycles. The number of rotatable bonds is 4. The van der Waals surface area contributed by atoms with E-state index in [1.807, 2.05) is 17.2 Å². The summed E-state index contributed by atoms with van der Waals surface area (Å²) >= 11 is 0. The molecule has 4 heterocycles. The lowest BCUT2D eigenvalue weighted by molar-refractivity contribution is -0.155. The highest BCUT2D eigenvalue weighted by atomic mass is 16.5. The fraction of sp³-hybridized carbons (Fsp3) is 0.700. The second-order valence-electron chi connectivity index (χ2n) is 8.07. The quantitative estimate of drug-likeness (QED) is 0.810. The van der Waals surface area contributed by atoms with Gasteiger partial charge in [0.2, 0.25) is 5.91 Å². The zero-order valence-corrected chi connectivity index (χ0v) is 15.8. The third kappa shape index (κ3) is 3.50. The van der Waals surface area contributed by atoms with Crippen molar-refractivity contribution >= 4 is 5.91 Å². The smallest absolute Gasteiger partial charge is 0.243 e. The number of likely N-dealkylation sites (tertiary alicyclic amines) is 1. The number of piperidine rings is 1. The molecule has 0 saturated carbocycles. The average Bonchev–Trinajstić information content (AvgIpc) is 3.18. The Bertz CT molecular complexity index is 609. The molecule has 1 unspecified atom stereocenters. The number of aromatic nitrogens is 1. The summed E-state index contributed by atoms with van der Waals surface area (Å²) in [6.07, 6.45) is 6.69. The van der Waals surface area contributed by atoms with E-state index in [1.54, 1.807) is 6.20 Å². The van der Waals surface area contributed by atoms with E-state index in [1.165, 1.54) is 6.42 Å². The van der Waals surface area contributed by atoms with Crippen molar-refractivity contribution in [1.82, 2.24) is 19.7 Å². The minimum Gasteiger partial charge on any atom is -0.381 e. The van der Waals surface area contributed by atoms with Crippen LogP contribution in [-0.4, -0.2) is 84.1 Å². The Hall–Kier alpha value is -1.50. The number of carbonyl (C=O) groups is 1. The van der Waals surface area contributed by atoms with E-state index >= 15 is 0 Å². The fourth-order valence-electron chi connectivity index (χ4n) is 4.70. The minimum absolute atomic E-state index is 0.305. The number of nitrogens with zero attached hydrogens (tertiary/aromatic N) is 4. The standard InChI is InChI=1S/C20H30N4O2/c1-22-10-11-24(15-17-3-2-7-21-13-17)19(25)20(22)5-8-23(9-6-20)14-18-4-12-26-16-18/h2-3,7,13,18H,4-6,8-12,14-16H2,1H3. The van der Waals surface area contributed by atoms with Crippen LogP contribution < -0.4 is 0 Å². The second kappa shape index (κ2) is 7.62. The Morgan fingerprint density at radius 1 is 1.27 bits per heavy atom. The SMILES string of the molecule is CN1CCN(Cc2cccnc2)C(=O)C12CCN(CC1CCOC1)CC2. The molecular formula is C20H30N4O2. The molecule has 6 heteroatoms. The van der Waals surface area contributed by atoms with Gasteiger partial charge in [-0.1, -0.05) is 6.07 Å². The molecule has 6 nitrogen and oxygen atoms in total. The first-order valence-electron chi connectivity index (χ1n) is 9.87. The van der Waals surface area contributed by atoms with Gasteiger partial charge in [-0.15, -0.1) is 0 Å². The first kappa shape index (κ1) is 17.9. The van der Waals surface area contributed by atoms with Crippen molar-refractivity contribution in [2.24, 2.45) is 5.92 Å². The number of piperazine rings is 1. The van der Waals surface area contributed by atoms with Crippen molar-refractivity contribution in [2.45, 2.75) is 31.3 Å². The van der Waals surface area contributed by atoms with Crippen LogP contribution >= 0.6 is 0 Å². The summed E-state index contributed by atoms with van der Waals surface area (Å²) in [5.74, 6) is 0.977. The van der Waals surface area contributed by atoms with Crippen LogP contribution in [0.3, 0.4) is 0 Å². The van der Waals surface area contributed by atoms with Crippen molar-refractivity contribution in [2.75, 3.05) is 53.0 Å². The molecule has 142 valence electrons. The normalized spacial score (nSPS) is 27.3. The molecule has 0 bridgehead atoms. The highest BCUT2D eigenvalue weighted by Crippen LogP contribution is 2.34. The predicted octanol–water partition coefficient (Wildman–Crippen LogP) is 1.23. The fourth-order valence-corrected chi connectivity index (χ4v) is 4.70. The molecule has 0 N–H and O–H groups in total. The van der Waals surface area contributed by atoms with Crippen LogP contribution in [0.4, 0.5) is 0 Å². The maximum Gasteiger partial charge on any atom is 0.243 e. The zero-order chi connectivity index (χ0) is 18.0. The number of carbonyl (C=O) groups excluding carboxylic acids is 1. The van der Waals surface area contributed by atoms with Gasteiger partial charge >= 0.3 is 0 Å².